The summed E-state index contributed by atoms with van der Waals surface area (Å²) >= 11 is 0. The highest BCUT2D eigenvalue weighted by Gasteiger charge is 2.12. The lowest BCUT2D eigenvalue weighted by molar-refractivity contribution is -0.384. The van der Waals surface area contributed by atoms with E-state index in [4.69, 9.17) is 5.11 Å². The molecular weight excluding hydrogens is 204 g/mol. The smallest absolute Gasteiger partial charge is 0.332 e. The van der Waals surface area contributed by atoms with E-state index in [-0.39, 0.29) is 11.4 Å². The largest absolute Gasteiger partial charge is 0.479 e. The predicted molar refractivity (Wildman–Crippen MR) is 50.3 cm³/mol. The molecule has 1 aromatic carbocycles. The molecule has 7 heteroatoms. The molecule has 2 N–H and O–H groups in total. The van der Waals surface area contributed by atoms with Gasteiger partial charge in [-0.25, -0.2) is 4.79 Å². The van der Waals surface area contributed by atoms with Gasteiger partial charge in [0, 0.05) is 6.07 Å². The fraction of sp³-hybridized carbons (Fsp3) is 0.125. The van der Waals surface area contributed by atoms with Crippen molar-refractivity contribution in [1.29, 1.82) is 0 Å². The summed E-state index contributed by atoms with van der Waals surface area (Å²) in [5.41, 5.74) is 2.14. The standard InChI is InChI=1S/C8H8N2O5/c11-8(12)5-15-9-6-3-1-2-4-7(6)10(13)14/h1-4,9H,5H2,(H,11,12). The number of benzene rings is 1. The summed E-state index contributed by atoms with van der Waals surface area (Å²) in [6.07, 6.45) is 0. The topological polar surface area (TPSA) is 102 Å². The Morgan fingerprint density at radius 1 is 1.53 bits per heavy atom. The second-order valence-electron chi connectivity index (χ2n) is 2.56. The Bertz CT molecular complexity index is 379. The normalized spacial score (nSPS) is 9.60. The maximum Gasteiger partial charge on any atom is 0.332 e. The number of carbonyl (C=O) groups is 1. The van der Waals surface area contributed by atoms with Gasteiger partial charge >= 0.3 is 5.97 Å². The zero-order valence-electron chi connectivity index (χ0n) is 7.54. The average molecular weight is 212 g/mol. The first-order valence-electron chi connectivity index (χ1n) is 3.94. The Balaban J connectivity index is 2.67. The third-order valence-corrected chi connectivity index (χ3v) is 1.48. The van der Waals surface area contributed by atoms with Crippen LogP contribution < -0.4 is 5.48 Å². The quantitative estimate of drug-likeness (QED) is 0.558. The van der Waals surface area contributed by atoms with Crippen LogP contribution in [0.2, 0.25) is 0 Å². The van der Waals surface area contributed by atoms with Crippen LogP contribution in [0.4, 0.5) is 11.4 Å². The maximum atomic E-state index is 10.5. The molecule has 15 heavy (non-hydrogen) atoms. The van der Waals surface area contributed by atoms with Crippen molar-refractivity contribution in [3.8, 4) is 0 Å². The molecule has 0 aromatic heterocycles. The van der Waals surface area contributed by atoms with Crippen LogP contribution in [-0.2, 0) is 9.63 Å². The zero-order valence-corrected chi connectivity index (χ0v) is 7.54. The van der Waals surface area contributed by atoms with Crippen LogP contribution in [0.1, 0.15) is 0 Å². The molecule has 0 unspecified atom stereocenters. The van der Waals surface area contributed by atoms with E-state index >= 15 is 0 Å². The molecule has 1 rings (SSSR count). The van der Waals surface area contributed by atoms with Gasteiger partial charge in [0.25, 0.3) is 5.69 Å². The van der Waals surface area contributed by atoms with Gasteiger partial charge in [-0.3, -0.25) is 20.4 Å². The number of carboxylic acid groups (broad SMARTS) is 1. The summed E-state index contributed by atoms with van der Waals surface area (Å²) in [7, 11) is 0. The van der Waals surface area contributed by atoms with Crippen molar-refractivity contribution >= 4 is 17.3 Å². The second kappa shape index (κ2) is 4.91. The van der Waals surface area contributed by atoms with Gasteiger partial charge < -0.3 is 5.11 Å². The number of aliphatic carboxylic acids is 1. The van der Waals surface area contributed by atoms with Gasteiger partial charge in [0.1, 0.15) is 5.69 Å². The number of nitrogens with zero attached hydrogens (tertiary/aromatic N) is 1. The van der Waals surface area contributed by atoms with Crippen LogP contribution >= 0.6 is 0 Å². The molecule has 0 spiro atoms. The number of nitrogens with one attached hydrogen (secondary N) is 1. The van der Waals surface area contributed by atoms with Crippen molar-refractivity contribution in [3.05, 3.63) is 34.4 Å². The fourth-order valence-electron chi connectivity index (χ4n) is 0.895. The number of para-hydroxylation sites is 2. The summed E-state index contributed by atoms with van der Waals surface area (Å²) in [5, 5.41) is 18.8. The van der Waals surface area contributed by atoms with Gasteiger partial charge in [0.2, 0.25) is 0 Å². The third kappa shape index (κ3) is 3.24. The number of hydrogen-bond donors (Lipinski definition) is 2. The maximum absolute atomic E-state index is 10.5. The molecule has 80 valence electrons. The monoisotopic (exact) mass is 212 g/mol. The molecule has 0 amide bonds. The molecule has 0 bridgehead atoms. The van der Waals surface area contributed by atoms with Gasteiger partial charge in [-0.05, 0) is 6.07 Å². The van der Waals surface area contributed by atoms with E-state index in [1.165, 1.54) is 18.2 Å². The highest BCUT2D eigenvalue weighted by molar-refractivity contribution is 5.68. The van der Waals surface area contributed by atoms with Gasteiger partial charge in [-0.1, -0.05) is 12.1 Å². The minimum Gasteiger partial charge on any atom is -0.479 e. The van der Waals surface area contributed by atoms with Crippen LogP contribution in [0.25, 0.3) is 0 Å². The number of hydrogen-bond acceptors (Lipinski definition) is 5. The number of anilines is 1. The van der Waals surface area contributed by atoms with E-state index in [9.17, 15) is 14.9 Å². The third-order valence-electron chi connectivity index (χ3n) is 1.48. The minimum absolute atomic E-state index is 0.115. The second-order valence-corrected chi connectivity index (χ2v) is 2.56. The summed E-state index contributed by atoms with van der Waals surface area (Å²) in [5.74, 6) is -1.17. The van der Waals surface area contributed by atoms with Crippen molar-refractivity contribution < 1.29 is 19.7 Å². The number of carboxylic acids is 1. The minimum atomic E-state index is -1.17. The Hall–Kier alpha value is -2.15. The molecule has 0 radical (unpaired) electrons. The molecule has 0 heterocycles. The highest BCUT2D eigenvalue weighted by Crippen LogP contribution is 2.22. The van der Waals surface area contributed by atoms with Crippen LogP contribution in [0.15, 0.2) is 24.3 Å². The van der Waals surface area contributed by atoms with E-state index < -0.39 is 17.5 Å². The predicted octanol–water partition coefficient (Wildman–Crippen LogP) is 1.02. The van der Waals surface area contributed by atoms with Gasteiger partial charge in [0.05, 0.1) is 4.92 Å². The Morgan fingerprint density at radius 2 is 2.20 bits per heavy atom. The first-order valence-corrected chi connectivity index (χ1v) is 3.94. The van der Waals surface area contributed by atoms with Crippen LogP contribution in [0.3, 0.4) is 0 Å². The molecule has 1 aromatic rings. The molecule has 0 saturated carbocycles. The molecule has 7 nitrogen and oxygen atoms in total. The number of nitro groups is 1. The zero-order chi connectivity index (χ0) is 11.3. The van der Waals surface area contributed by atoms with Crippen LogP contribution in [0.5, 0.6) is 0 Å². The first-order chi connectivity index (χ1) is 7.11. The summed E-state index contributed by atoms with van der Waals surface area (Å²) in [4.78, 5) is 24.5. The Morgan fingerprint density at radius 3 is 2.80 bits per heavy atom. The lowest BCUT2D eigenvalue weighted by Crippen LogP contribution is -2.12. The van der Waals surface area contributed by atoms with Crippen molar-refractivity contribution in [1.82, 2.24) is 0 Å². The molecular formula is C8H8N2O5. The molecule has 0 aliphatic heterocycles. The summed E-state index contributed by atoms with van der Waals surface area (Å²) in [6.45, 7) is -0.577. The summed E-state index contributed by atoms with van der Waals surface area (Å²) < 4.78 is 0. The van der Waals surface area contributed by atoms with Crippen LogP contribution in [-0.4, -0.2) is 22.6 Å². The Kier molecular flexibility index (Phi) is 3.58. The van der Waals surface area contributed by atoms with E-state index in [0.717, 1.165) is 0 Å². The van der Waals surface area contributed by atoms with Crippen molar-refractivity contribution in [2.75, 3.05) is 12.1 Å². The van der Waals surface area contributed by atoms with Crippen molar-refractivity contribution in [3.63, 3.8) is 0 Å². The molecule has 0 atom stereocenters. The van der Waals surface area contributed by atoms with Gasteiger partial charge in [-0.2, -0.15) is 0 Å². The lowest BCUT2D eigenvalue weighted by Gasteiger charge is -2.04. The highest BCUT2D eigenvalue weighted by atomic mass is 16.7. The first kappa shape index (κ1) is 10.9. The lowest BCUT2D eigenvalue weighted by atomic mass is 10.3. The number of rotatable bonds is 5. The van der Waals surface area contributed by atoms with Gasteiger partial charge in [-0.15, -0.1) is 0 Å². The van der Waals surface area contributed by atoms with E-state index in [1.54, 1.807) is 6.07 Å². The number of nitro benzene ring substituents is 1. The molecule has 0 aliphatic carbocycles. The fourth-order valence-corrected chi connectivity index (χ4v) is 0.895. The average Bonchev–Trinajstić information content (AvgIpc) is 2.17. The van der Waals surface area contributed by atoms with E-state index in [0.29, 0.717) is 0 Å². The molecule has 0 fully saturated rings. The Labute approximate surface area is 84.4 Å². The SMILES string of the molecule is O=C(O)CONc1ccccc1[N+](=O)[O-]. The molecule has 0 aliphatic rings. The molecule has 0 saturated heterocycles. The van der Waals surface area contributed by atoms with E-state index in [2.05, 4.69) is 10.3 Å². The van der Waals surface area contributed by atoms with E-state index in [1.807, 2.05) is 0 Å². The van der Waals surface area contributed by atoms with Crippen LogP contribution in [0, 0.1) is 10.1 Å². The van der Waals surface area contributed by atoms with Crippen molar-refractivity contribution in [2.45, 2.75) is 0 Å². The van der Waals surface area contributed by atoms with Gasteiger partial charge in [0.15, 0.2) is 6.61 Å². The summed E-state index contributed by atoms with van der Waals surface area (Å²) in [6, 6.07) is 5.77. The van der Waals surface area contributed by atoms with Crippen molar-refractivity contribution in [2.24, 2.45) is 0 Å².